The third-order valence-electron chi connectivity index (χ3n) is 3.85. The van der Waals surface area contributed by atoms with Crippen molar-refractivity contribution < 1.29 is 9.59 Å². The number of amides is 2. The van der Waals surface area contributed by atoms with Crippen LogP contribution in [0.5, 0.6) is 0 Å². The maximum absolute atomic E-state index is 12.5. The van der Waals surface area contributed by atoms with Crippen LogP contribution in [0.3, 0.4) is 0 Å². The fraction of sp³-hybridized carbons (Fsp3) is 0.278. The number of rotatable bonds is 4. The first-order valence-corrected chi connectivity index (χ1v) is 7.66. The Balaban J connectivity index is 1.71. The third-order valence-corrected chi connectivity index (χ3v) is 3.85. The molecule has 1 aromatic carbocycles. The van der Waals surface area contributed by atoms with Crippen molar-refractivity contribution in [3.63, 3.8) is 0 Å². The smallest absolute Gasteiger partial charge is 0.259 e. The summed E-state index contributed by atoms with van der Waals surface area (Å²) in [6.45, 7) is 1.95. The van der Waals surface area contributed by atoms with Gasteiger partial charge in [-0.2, -0.15) is 0 Å². The fourth-order valence-electron chi connectivity index (χ4n) is 2.22. The molecule has 0 spiro atoms. The Morgan fingerprint density at radius 3 is 2.30 bits per heavy atom. The van der Waals surface area contributed by atoms with E-state index in [2.05, 4.69) is 10.3 Å². The molecular formula is C18H19N3O2. The van der Waals surface area contributed by atoms with Crippen molar-refractivity contribution in [3.05, 3.63) is 59.3 Å². The molecule has 118 valence electrons. The van der Waals surface area contributed by atoms with E-state index in [-0.39, 0.29) is 11.8 Å². The van der Waals surface area contributed by atoms with E-state index in [1.807, 2.05) is 19.1 Å². The predicted octanol–water partition coefficient (Wildman–Crippen LogP) is 2.56. The van der Waals surface area contributed by atoms with Crippen LogP contribution in [0.25, 0.3) is 0 Å². The molecule has 1 N–H and O–H groups in total. The minimum Gasteiger partial charge on any atom is -0.349 e. The standard InChI is InChI=1S/C18H19N3O2/c1-12-3-10-16(19-11-12)21(2)18(23)14-6-4-13(5-7-14)17(22)20-15-8-9-15/h3-7,10-11,15H,8-9H2,1-2H3,(H,20,22). The van der Waals surface area contributed by atoms with Gasteiger partial charge in [-0.1, -0.05) is 6.07 Å². The van der Waals surface area contributed by atoms with Crippen molar-refractivity contribution in [2.24, 2.45) is 0 Å². The van der Waals surface area contributed by atoms with Gasteiger partial charge in [-0.25, -0.2) is 4.98 Å². The summed E-state index contributed by atoms with van der Waals surface area (Å²) in [5, 5.41) is 2.93. The molecule has 0 unspecified atom stereocenters. The number of anilines is 1. The van der Waals surface area contributed by atoms with Gasteiger partial charge >= 0.3 is 0 Å². The zero-order valence-electron chi connectivity index (χ0n) is 13.2. The second-order valence-electron chi connectivity index (χ2n) is 5.88. The molecule has 1 saturated carbocycles. The summed E-state index contributed by atoms with van der Waals surface area (Å²) in [5.74, 6) is 0.353. The van der Waals surface area contributed by atoms with E-state index in [1.165, 1.54) is 4.90 Å². The average molecular weight is 309 g/mol. The summed E-state index contributed by atoms with van der Waals surface area (Å²) in [6.07, 6.45) is 3.83. The summed E-state index contributed by atoms with van der Waals surface area (Å²) in [4.78, 5) is 30.2. The van der Waals surface area contributed by atoms with Gasteiger partial charge in [-0.05, 0) is 55.7 Å². The molecule has 0 bridgehead atoms. The van der Waals surface area contributed by atoms with Gasteiger partial charge in [-0.3, -0.25) is 14.5 Å². The van der Waals surface area contributed by atoms with Crippen LogP contribution in [0.15, 0.2) is 42.6 Å². The van der Waals surface area contributed by atoms with E-state index in [0.29, 0.717) is 23.0 Å². The average Bonchev–Trinajstić information content (AvgIpc) is 3.38. The molecule has 1 aliphatic rings. The second kappa shape index (κ2) is 6.20. The van der Waals surface area contributed by atoms with E-state index in [0.717, 1.165) is 18.4 Å². The highest BCUT2D eigenvalue weighted by atomic mass is 16.2. The van der Waals surface area contributed by atoms with Crippen LogP contribution >= 0.6 is 0 Å². The highest BCUT2D eigenvalue weighted by molar-refractivity contribution is 6.05. The Kier molecular flexibility index (Phi) is 4.10. The van der Waals surface area contributed by atoms with E-state index >= 15 is 0 Å². The molecule has 23 heavy (non-hydrogen) atoms. The number of nitrogens with zero attached hydrogens (tertiary/aromatic N) is 2. The number of hydrogen-bond acceptors (Lipinski definition) is 3. The SMILES string of the molecule is Cc1ccc(N(C)C(=O)c2ccc(C(=O)NC3CC3)cc2)nc1. The van der Waals surface area contributed by atoms with Crippen molar-refractivity contribution in [1.29, 1.82) is 0 Å². The maximum atomic E-state index is 12.5. The lowest BCUT2D eigenvalue weighted by molar-refractivity contribution is 0.0948. The van der Waals surface area contributed by atoms with Crippen LogP contribution in [0.2, 0.25) is 0 Å². The molecule has 0 saturated heterocycles. The van der Waals surface area contributed by atoms with Gasteiger partial charge in [0.25, 0.3) is 11.8 Å². The first-order valence-electron chi connectivity index (χ1n) is 7.66. The summed E-state index contributed by atoms with van der Waals surface area (Å²) >= 11 is 0. The number of hydrogen-bond donors (Lipinski definition) is 1. The van der Waals surface area contributed by atoms with E-state index in [4.69, 9.17) is 0 Å². The molecule has 5 heteroatoms. The van der Waals surface area contributed by atoms with Crippen LogP contribution in [-0.2, 0) is 0 Å². The number of carbonyl (C=O) groups is 2. The van der Waals surface area contributed by atoms with Crippen LogP contribution < -0.4 is 10.2 Å². The summed E-state index contributed by atoms with van der Waals surface area (Å²) in [7, 11) is 1.69. The van der Waals surface area contributed by atoms with Gasteiger partial charge in [0, 0.05) is 30.4 Å². The molecule has 0 aliphatic heterocycles. The van der Waals surface area contributed by atoms with Gasteiger partial charge in [0.15, 0.2) is 0 Å². The Labute approximate surface area is 135 Å². The molecule has 2 amide bonds. The summed E-state index contributed by atoms with van der Waals surface area (Å²) in [5.41, 5.74) is 2.14. The molecule has 5 nitrogen and oxygen atoms in total. The zero-order chi connectivity index (χ0) is 16.4. The molecule has 2 aromatic rings. The summed E-state index contributed by atoms with van der Waals surface area (Å²) in [6, 6.07) is 10.8. The molecule has 1 fully saturated rings. The molecule has 1 heterocycles. The van der Waals surface area contributed by atoms with E-state index in [1.54, 1.807) is 37.5 Å². The van der Waals surface area contributed by atoms with Crippen molar-refractivity contribution in [3.8, 4) is 0 Å². The number of aromatic nitrogens is 1. The molecule has 3 rings (SSSR count). The minimum atomic E-state index is -0.157. The van der Waals surface area contributed by atoms with Crippen molar-refractivity contribution in [2.75, 3.05) is 11.9 Å². The van der Waals surface area contributed by atoms with E-state index in [9.17, 15) is 9.59 Å². The molecule has 1 aliphatic carbocycles. The van der Waals surface area contributed by atoms with Crippen molar-refractivity contribution in [2.45, 2.75) is 25.8 Å². The van der Waals surface area contributed by atoms with Crippen LogP contribution in [0.1, 0.15) is 39.1 Å². The van der Waals surface area contributed by atoms with Crippen molar-refractivity contribution in [1.82, 2.24) is 10.3 Å². The van der Waals surface area contributed by atoms with Crippen molar-refractivity contribution >= 4 is 17.6 Å². The maximum Gasteiger partial charge on any atom is 0.259 e. The van der Waals surface area contributed by atoms with Gasteiger partial charge < -0.3 is 5.32 Å². The topological polar surface area (TPSA) is 62.3 Å². The minimum absolute atomic E-state index is 0.0833. The lowest BCUT2D eigenvalue weighted by Gasteiger charge is -2.16. The predicted molar refractivity (Wildman–Crippen MR) is 88.6 cm³/mol. The molecule has 0 radical (unpaired) electrons. The first kappa shape index (κ1) is 15.2. The Morgan fingerprint density at radius 2 is 1.74 bits per heavy atom. The number of carbonyl (C=O) groups excluding carboxylic acids is 2. The lowest BCUT2D eigenvalue weighted by atomic mass is 10.1. The Bertz CT molecular complexity index is 719. The second-order valence-corrected chi connectivity index (χ2v) is 5.88. The fourth-order valence-corrected chi connectivity index (χ4v) is 2.22. The van der Waals surface area contributed by atoms with Gasteiger partial charge in [0.05, 0.1) is 0 Å². The van der Waals surface area contributed by atoms with Crippen LogP contribution in [-0.4, -0.2) is 29.9 Å². The third kappa shape index (κ3) is 3.56. The van der Waals surface area contributed by atoms with E-state index < -0.39 is 0 Å². The van der Waals surface area contributed by atoms with Gasteiger partial charge in [0.2, 0.25) is 0 Å². The number of benzene rings is 1. The van der Waals surface area contributed by atoms with Gasteiger partial charge in [-0.15, -0.1) is 0 Å². The number of pyridine rings is 1. The molecule has 1 aromatic heterocycles. The Hall–Kier alpha value is -2.69. The first-order chi connectivity index (χ1) is 11.0. The Morgan fingerprint density at radius 1 is 1.09 bits per heavy atom. The summed E-state index contributed by atoms with van der Waals surface area (Å²) < 4.78 is 0. The van der Waals surface area contributed by atoms with Gasteiger partial charge in [0.1, 0.15) is 5.82 Å². The highest BCUT2D eigenvalue weighted by Gasteiger charge is 2.24. The largest absolute Gasteiger partial charge is 0.349 e. The number of nitrogens with one attached hydrogen (secondary N) is 1. The zero-order valence-corrected chi connectivity index (χ0v) is 13.2. The quantitative estimate of drug-likeness (QED) is 0.944. The monoisotopic (exact) mass is 309 g/mol. The molecule has 0 atom stereocenters. The number of aryl methyl sites for hydroxylation is 1. The van der Waals surface area contributed by atoms with Crippen LogP contribution in [0.4, 0.5) is 5.82 Å². The normalized spacial score (nSPS) is 13.5. The van der Waals surface area contributed by atoms with Crippen LogP contribution in [0, 0.1) is 6.92 Å². The lowest BCUT2D eigenvalue weighted by Crippen LogP contribution is -2.27. The molecular weight excluding hydrogens is 290 g/mol. The highest BCUT2D eigenvalue weighted by Crippen LogP contribution is 2.19.